The Balaban J connectivity index is 1.71. The molecule has 0 aromatic carbocycles. The maximum absolute atomic E-state index is 5.91. The van der Waals surface area contributed by atoms with Crippen LogP contribution in [-0.2, 0) is 11.3 Å². The van der Waals surface area contributed by atoms with E-state index in [-0.39, 0.29) is 6.10 Å². The predicted molar refractivity (Wildman–Crippen MR) is 87.1 cm³/mol. The molecule has 2 aromatic heterocycles. The van der Waals surface area contributed by atoms with Crippen LogP contribution in [0.25, 0.3) is 0 Å². The summed E-state index contributed by atoms with van der Waals surface area (Å²) in [6, 6.07) is 1.97. The minimum Gasteiger partial charge on any atom is -0.373 e. The second kappa shape index (κ2) is 6.68. The first kappa shape index (κ1) is 15.3. The van der Waals surface area contributed by atoms with Crippen LogP contribution in [0, 0.1) is 13.8 Å². The summed E-state index contributed by atoms with van der Waals surface area (Å²) in [4.78, 5) is 15.8. The van der Waals surface area contributed by atoms with Gasteiger partial charge in [0.25, 0.3) is 0 Å². The molecular weight excluding hydrogens is 298 g/mol. The summed E-state index contributed by atoms with van der Waals surface area (Å²) in [6.07, 6.45) is -0.0118. The van der Waals surface area contributed by atoms with Crippen molar-refractivity contribution in [3.8, 4) is 0 Å². The second-order valence-corrected chi connectivity index (χ2v) is 6.49. The van der Waals surface area contributed by atoms with E-state index in [1.807, 2.05) is 27.0 Å². The molecule has 6 nitrogen and oxygen atoms in total. The molecular formula is C15H21N5OS. The summed E-state index contributed by atoms with van der Waals surface area (Å²) < 4.78 is 5.91. The van der Waals surface area contributed by atoms with Gasteiger partial charge in [-0.25, -0.2) is 15.0 Å². The molecule has 0 aliphatic carbocycles. The summed E-state index contributed by atoms with van der Waals surface area (Å²) in [7, 11) is 1.87. The van der Waals surface area contributed by atoms with Crippen LogP contribution in [-0.4, -0.2) is 46.6 Å². The van der Waals surface area contributed by atoms with Crippen molar-refractivity contribution in [1.29, 1.82) is 0 Å². The van der Waals surface area contributed by atoms with E-state index in [2.05, 4.69) is 30.5 Å². The van der Waals surface area contributed by atoms with Crippen LogP contribution in [0.3, 0.4) is 0 Å². The van der Waals surface area contributed by atoms with Gasteiger partial charge in [-0.1, -0.05) is 0 Å². The number of rotatable bonds is 4. The second-order valence-electron chi connectivity index (χ2n) is 5.43. The zero-order valence-corrected chi connectivity index (χ0v) is 14.0. The first-order valence-electron chi connectivity index (χ1n) is 7.42. The molecule has 118 valence electrons. The fraction of sp³-hybridized carbons (Fsp3) is 0.533. The average molecular weight is 319 g/mol. The third-order valence-corrected chi connectivity index (χ3v) is 4.47. The molecule has 1 aliphatic rings. The zero-order chi connectivity index (χ0) is 15.5. The summed E-state index contributed by atoms with van der Waals surface area (Å²) >= 11 is 1.70. The highest BCUT2D eigenvalue weighted by Crippen LogP contribution is 2.23. The first-order valence-corrected chi connectivity index (χ1v) is 8.30. The van der Waals surface area contributed by atoms with Gasteiger partial charge in [-0.2, -0.15) is 0 Å². The lowest BCUT2D eigenvalue weighted by Crippen LogP contribution is -2.38. The Labute approximate surface area is 134 Å². The van der Waals surface area contributed by atoms with E-state index in [0.29, 0.717) is 6.61 Å². The number of anilines is 1. The molecule has 0 spiro atoms. The van der Waals surface area contributed by atoms with Gasteiger partial charge in [0, 0.05) is 38.1 Å². The van der Waals surface area contributed by atoms with Crippen LogP contribution in [0.4, 0.5) is 5.82 Å². The molecule has 1 saturated heterocycles. The maximum atomic E-state index is 5.91. The third kappa shape index (κ3) is 3.60. The Morgan fingerprint density at radius 3 is 2.95 bits per heavy atom. The normalized spacial score (nSPS) is 19.3. The van der Waals surface area contributed by atoms with Gasteiger partial charge in [-0.05, 0) is 13.8 Å². The number of thiazole rings is 1. The molecule has 0 bridgehead atoms. The lowest BCUT2D eigenvalue weighted by molar-refractivity contribution is -0.0353. The van der Waals surface area contributed by atoms with Crippen LogP contribution < -0.4 is 5.32 Å². The predicted octanol–water partition coefficient (Wildman–Crippen LogP) is 2.17. The van der Waals surface area contributed by atoms with E-state index in [4.69, 9.17) is 4.74 Å². The van der Waals surface area contributed by atoms with E-state index in [9.17, 15) is 0 Å². The van der Waals surface area contributed by atoms with Crippen LogP contribution in [0.2, 0.25) is 0 Å². The molecule has 7 heteroatoms. The van der Waals surface area contributed by atoms with Gasteiger partial charge in [0.15, 0.2) is 0 Å². The minimum atomic E-state index is -0.0118. The number of hydrogen-bond acceptors (Lipinski definition) is 7. The maximum Gasteiger partial charge on any atom is 0.129 e. The average Bonchev–Trinajstić information content (AvgIpc) is 2.92. The molecule has 2 aromatic rings. The number of aryl methyl sites for hydroxylation is 2. The van der Waals surface area contributed by atoms with Crippen LogP contribution >= 0.6 is 11.3 Å². The minimum absolute atomic E-state index is 0.0118. The van der Waals surface area contributed by atoms with Crippen molar-refractivity contribution in [2.45, 2.75) is 26.5 Å². The SMILES string of the molecule is CNc1cc([C@@H]2CN(Cc3csc(C)n3)CCO2)nc(C)n1. The van der Waals surface area contributed by atoms with Crippen LogP contribution in [0.1, 0.15) is 28.3 Å². The molecule has 0 radical (unpaired) electrons. The highest BCUT2D eigenvalue weighted by atomic mass is 32.1. The monoisotopic (exact) mass is 319 g/mol. The van der Waals surface area contributed by atoms with Crippen molar-refractivity contribution < 1.29 is 4.74 Å². The highest BCUT2D eigenvalue weighted by molar-refractivity contribution is 7.09. The van der Waals surface area contributed by atoms with E-state index in [1.54, 1.807) is 11.3 Å². The molecule has 3 rings (SSSR count). The van der Waals surface area contributed by atoms with Gasteiger partial charge in [-0.15, -0.1) is 11.3 Å². The van der Waals surface area contributed by atoms with Gasteiger partial charge in [0.1, 0.15) is 17.7 Å². The molecule has 3 heterocycles. The van der Waals surface area contributed by atoms with Crippen molar-refractivity contribution in [3.63, 3.8) is 0 Å². The number of ether oxygens (including phenoxy) is 1. The van der Waals surface area contributed by atoms with Gasteiger partial charge in [-0.3, -0.25) is 4.90 Å². The first-order chi connectivity index (χ1) is 10.6. The van der Waals surface area contributed by atoms with Gasteiger partial charge in [0.2, 0.25) is 0 Å². The number of nitrogens with zero attached hydrogens (tertiary/aromatic N) is 4. The number of aromatic nitrogens is 3. The summed E-state index contributed by atoms with van der Waals surface area (Å²) in [6.45, 7) is 7.29. The standard InChI is InChI=1S/C15H21N5OS/c1-10-17-13(6-15(16-3)18-10)14-8-20(4-5-21-14)7-12-9-22-11(2)19-12/h6,9,14H,4-5,7-8H2,1-3H3,(H,16,17,18)/t14-/m0/s1. The Bertz CT molecular complexity index is 645. The summed E-state index contributed by atoms with van der Waals surface area (Å²) in [5.41, 5.74) is 2.08. The molecule has 1 atom stereocenters. The molecule has 1 fully saturated rings. The van der Waals surface area contributed by atoms with Crippen molar-refractivity contribution in [2.24, 2.45) is 0 Å². The number of morpholine rings is 1. The Morgan fingerprint density at radius 2 is 2.23 bits per heavy atom. The summed E-state index contributed by atoms with van der Waals surface area (Å²) in [5.74, 6) is 1.59. The Morgan fingerprint density at radius 1 is 1.36 bits per heavy atom. The molecule has 1 N–H and O–H groups in total. The zero-order valence-electron chi connectivity index (χ0n) is 13.2. The van der Waals surface area contributed by atoms with E-state index < -0.39 is 0 Å². The van der Waals surface area contributed by atoms with Gasteiger partial charge >= 0.3 is 0 Å². The molecule has 1 aliphatic heterocycles. The van der Waals surface area contributed by atoms with Crippen molar-refractivity contribution in [1.82, 2.24) is 19.9 Å². The molecule has 0 saturated carbocycles. The van der Waals surface area contributed by atoms with Crippen molar-refractivity contribution >= 4 is 17.2 Å². The quantitative estimate of drug-likeness (QED) is 0.932. The lowest BCUT2D eigenvalue weighted by Gasteiger charge is -2.32. The fourth-order valence-electron chi connectivity index (χ4n) is 2.62. The topological polar surface area (TPSA) is 63.2 Å². The largest absolute Gasteiger partial charge is 0.373 e. The molecule has 0 unspecified atom stereocenters. The number of nitrogens with one attached hydrogen (secondary N) is 1. The van der Waals surface area contributed by atoms with Gasteiger partial charge in [0.05, 0.1) is 23.0 Å². The lowest BCUT2D eigenvalue weighted by atomic mass is 10.2. The Hall–Kier alpha value is -1.57. The van der Waals surface area contributed by atoms with E-state index >= 15 is 0 Å². The van der Waals surface area contributed by atoms with Crippen LogP contribution in [0.15, 0.2) is 11.4 Å². The molecule has 0 amide bonds. The van der Waals surface area contributed by atoms with E-state index in [0.717, 1.165) is 47.7 Å². The number of hydrogen-bond donors (Lipinski definition) is 1. The Kier molecular flexibility index (Phi) is 4.66. The smallest absolute Gasteiger partial charge is 0.129 e. The third-order valence-electron chi connectivity index (χ3n) is 3.65. The van der Waals surface area contributed by atoms with E-state index in [1.165, 1.54) is 0 Å². The summed E-state index contributed by atoms with van der Waals surface area (Å²) in [5, 5.41) is 6.32. The van der Waals surface area contributed by atoms with Crippen molar-refractivity contribution in [2.75, 3.05) is 32.1 Å². The highest BCUT2D eigenvalue weighted by Gasteiger charge is 2.24. The molecule has 22 heavy (non-hydrogen) atoms. The van der Waals surface area contributed by atoms with Crippen molar-refractivity contribution in [3.05, 3.63) is 33.7 Å². The van der Waals surface area contributed by atoms with Gasteiger partial charge < -0.3 is 10.1 Å². The fourth-order valence-corrected chi connectivity index (χ4v) is 3.22. The van der Waals surface area contributed by atoms with Crippen LogP contribution in [0.5, 0.6) is 0 Å².